The average molecular weight is 996 g/mol. The van der Waals surface area contributed by atoms with Crippen LogP contribution < -0.4 is 4.40 Å². The molecule has 57 heavy (non-hydrogen) atoms. The molecule has 0 atom stereocenters. The van der Waals surface area contributed by atoms with Gasteiger partial charge in [-0.05, 0) is 68.4 Å². The summed E-state index contributed by atoms with van der Waals surface area (Å²) in [7, 11) is 0. The molecule has 5 aromatic carbocycles. The zero-order chi connectivity index (χ0) is 45.4. The van der Waals surface area contributed by atoms with Gasteiger partial charge >= 0.3 is 135 Å². The largest absolute Gasteiger partial charge is 0 e. The minimum atomic E-state index is -2.35. The van der Waals surface area contributed by atoms with Crippen molar-refractivity contribution in [2.24, 2.45) is 5.41 Å². The Hall–Kier alpha value is -4.09. The van der Waals surface area contributed by atoms with Crippen LogP contribution in [0.5, 0.6) is 0 Å². The number of hydrogen-bond donors (Lipinski definition) is 0. The Morgan fingerprint density at radius 2 is 1.58 bits per heavy atom. The normalized spacial score (nSPS) is 14.5. The summed E-state index contributed by atoms with van der Waals surface area (Å²) in [6.07, 6.45) is 2.18. The molecule has 0 aliphatic rings. The second-order valence-electron chi connectivity index (χ2n) is 18.1. The molecule has 295 valence electrons. The molecular formula is C52H56GeIrN2O-2. The fourth-order valence-electron chi connectivity index (χ4n) is 7.36. The molecule has 3 nitrogen and oxygen atoms in total. The van der Waals surface area contributed by atoms with Gasteiger partial charge < -0.3 is 9.40 Å². The number of hydrogen-bond acceptors (Lipinski definition) is 3. The van der Waals surface area contributed by atoms with Crippen molar-refractivity contribution in [3.63, 3.8) is 0 Å². The molecular weight excluding hydrogens is 933 g/mol. The van der Waals surface area contributed by atoms with E-state index in [-0.39, 0.29) is 31.1 Å². The topological polar surface area (TPSA) is 38.9 Å². The summed E-state index contributed by atoms with van der Waals surface area (Å²) in [6, 6.07) is 36.0. The van der Waals surface area contributed by atoms with E-state index in [0.717, 1.165) is 53.7 Å². The maximum absolute atomic E-state index is 8.76. The van der Waals surface area contributed by atoms with E-state index in [2.05, 4.69) is 90.5 Å². The molecule has 0 amide bonds. The first-order valence-electron chi connectivity index (χ1n) is 22.4. The monoisotopic (exact) mass is 997 g/mol. The second kappa shape index (κ2) is 16.3. The van der Waals surface area contributed by atoms with E-state index in [9.17, 15) is 0 Å². The van der Waals surface area contributed by atoms with Gasteiger partial charge in [-0.15, -0.1) is 17.7 Å². The first-order chi connectivity index (χ1) is 28.7. The molecule has 3 heterocycles. The van der Waals surface area contributed by atoms with Crippen LogP contribution in [0, 0.1) is 24.4 Å². The van der Waals surface area contributed by atoms with E-state index >= 15 is 0 Å². The van der Waals surface area contributed by atoms with Gasteiger partial charge in [0.1, 0.15) is 5.58 Å². The molecule has 0 saturated heterocycles. The minimum Gasteiger partial charge on any atom is 0 e. The van der Waals surface area contributed by atoms with Crippen molar-refractivity contribution in [2.45, 2.75) is 97.2 Å². The SMILES string of the molecule is [2H]C([2H])([2H])c1c[c-]c(-c2cc(C([2H])(C)C)ccn2)c2oc3cc4c(C(C)(C)C)cc5ccccc5c4cc3c12.[2H]C([2H])(c1cc(-c2[c-]cccc2)nc[c]1[Ge]([CH3])([CH3])[CH3])C(C)(C)C.[Ir]. The third kappa shape index (κ3) is 8.99. The third-order valence-corrected chi connectivity index (χ3v) is 14.4. The van der Waals surface area contributed by atoms with E-state index < -0.39 is 37.8 Å². The van der Waals surface area contributed by atoms with Gasteiger partial charge in [-0.25, -0.2) is 0 Å². The Morgan fingerprint density at radius 1 is 0.825 bits per heavy atom. The van der Waals surface area contributed by atoms with Gasteiger partial charge in [0.25, 0.3) is 0 Å². The van der Waals surface area contributed by atoms with Gasteiger partial charge in [0.05, 0.1) is 5.58 Å². The number of rotatable bonds is 5. The first-order valence-corrected chi connectivity index (χ1v) is 26.7. The van der Waals surface area contributed by atoms with Crippen molar-refractivity contribution in [2.75, 3.05) is 0 Å². The quantitative estimate of drug-likeness (QED) is 0.0980. The Bertz CT molecular complexity index is 2970. The molecule has 0 fully saturated rings. The molecule has 8 rings (SSSR count). The summed E-state index contributed by atoms with van der Waals surface area (Å²) in [5, 5.41) is 5.73. The summed E-state index contributed by atoms with van der Waals surface area (Å²) in [4.78, 5) is 9.18. The fraction of sp³-hybridized carbons (Fsp3) is 0.308. The average Bonchev–Trinajstić information content (AvgIpc) is 3.56. The third-order valence-electron chi connectivity index (χ3n) is 10.1. The molecule has 1 radical (unpaired) electrons. The van der Waals surface area contributed by atoms with Crippen LogP contribution in [0.15, 0.2) is 108 Å². The van der Waals surface area contributed by atoms with Crippen LogP contribution in [0.25, 0.3) is 66.0 Å². The van der Waals surface area contributed by atoms with E-state index in [1.165, 1.54) is 5.56 Å². The van der Waals surface area contributed by atoms with Gasteiger partial charge in [0.2, 0.25) is 0 Å². The molecule has 0 aliphatic carbocycles. The fourth-order valence-corrected chi connectivity index (χ4v) is 10.3. The molecule has 0 N–H and O–H groups in total. The van der Waals surface area contributed by atoms with Crippen LogP contribution in [0.4, 0.5) is 0 Å². The predicted octanol–water partition coefficient (Wildman–Crippen LogP) is 14.2. The van der Waals surface area contributed by atoms with Gasteiger partial charge in [-0.1, -0.05) is 88.3 Å². The number of benzene rings is 5. The van der Waals surface area contributed by atoms with Crippen molar-refractivity contribution in [3.05, 3.63) is 138 Å². The molecule has 8 aromatic rings. The Kier molecular flexibility index (Phi) is 9.97. The number of fused-ring (bicyclic) bond motifs is 6. The molecule has 0 saturated carbocycles. The molecule has 3 aromatic heterocycles. The van der Waals surface area contributed by atoms with Crippen LogP contribution in [0.1, 0.15) is 91.8 Å². The number of aryl methyl sites for hydroxylation is 1. The van der Waals surface area contributed by atoms with Crippen LogP contribution in [-0.4, -0.2) is 23.2 Å². The van der Waals surface area contributed by atoms with Crippen LogP contribution >= 0.6 is 0 Å². The van der Waals surface area contributed by atoms with Gasteiger partial charge in [-0.2, -0.15) is 0 Å². The van der Waals surface area contributed by atoms with Crippen molar-refractivity contribution < 1.29 is 32.7 Å². The summed E-state index contributed by atoms with van der Waals surface area (Å²) >= 11 is -2.24. The van der Waals surface area contributed by atoms with Gasteiger partial charge in [0.15, 0.2) is 0 Å². The molecule has 0 unspecified atom stereocenters. The smallest absolute Gasteiger partial charge is 0 e. The Morgan fingerprint density at radius 3 is 2.25 bits per heavy atom. The molecule has 0 spiro atoms. The zero-order valence-corrected chi connectivity index (χ0v) is 39.4. The summed E-state index contributed by atoms with van der Waals surface area (Å²) in [6.45, 7) is 13.8. The summed E-state index contributed by atoms with van der Waals surface area (Å²) < 4.78 is 58.6. The van der Waals surface area contributed by atoms with Gasteiger partial charge in [-0.3, -0.25) is 0 Å². The van der Waals surface area contributed by atoms with Crippen LogP contribution in [-0.2, 0) is 31.9 Å². The van der Waals surface area contributed by atoms with E-state index in [4.69, 9.17) is 12.6 Å². The second-order valence-corrected chi connectivity index (χ2v) is 28.7. The Balaban J connectivity index is 0.000000236. The van der Waals surface area contributed by atoms with Crippen molar-refractivity contribution in [1.82, 2.24) is 9.97 Å². The number of pyridine rings is 2. The number of furan rings is 1. The molecule has 0 bridgehead atoms. The van der Waals surface area contributed by atoms with Crippen molar-refractivity contribution >= 4 is 61.1 Å². The standard InChI is InChI=1S/C33H30NO.C19H26GeN.Ir/c1-19(2)21-13-14-34-29(16-21)24-12-11-20(3)31-27-17-25-23-10-8-7-9-22(23)15-28(33(4,5)6)26(25)18-30(27)35-32(24)31;1-19(2,3)13-16-12-18(15-10-8-7-9-11-15)21-14-17(16)20(4,5)6;/h7-11,13-19H,1-6H3;7-10,12,14H,13H2,1-6H3;/q2*-1;/i3D3,19D;13D2;. The Labute approximate surface area is 364 Å². The van der Waals surface area contributed by atoms with Gasteiger partial charge in [0, 0.05) is 37.2 Å². The van der Waals surface area contributed by atoms with Crippen molar-refractivity contribution in [3.8, 4) is 22.5 Å². The van der Waals surface area contributed by atoms with Crippen LogP contribution in [0.3, 0.4) is 0 Å². The zero-order valence-electron chi connectivity index (χ0n) is 41.0. The molecule has 0 aliphatic heterocycles. The summed E-state index contributed by atoms with van der Waals surface area (Å²) in [5.41, 5.74) is 6.38. The van der Waals surface area contributed by atoms with E-state index in [1.54, 1.807) is 12.3 Å². The number of aromatic nitrogens is 2. The van der Waals surface area contributed by atoms with Crippen molar-refractivity contribution in [1.29, 1.82) is 0 Å². The molecule has 5 heteroatoms. The summed E-state index contributed by atoms with van der Waals surface area (Å²) in [5.74, 6) is 6.04. The first kappa shape index (κ1) is 34.9. The number of nitrogens with zero attached hydrogens (tertiary/aromatic N) is 2. The maximum atomic E-state index is 8.76. The van der Waals surface area contributed by atoms with Crippen LogP contribution in [0.2, 0.25) is 17.3 Å². The minimum absolute atomic E-state index is 0. The van der Waals surface area contributed by atoms with E-state index in [1.807, 2.05) is 95.4 Å². The van der Waals surface area contributed by atoms with E-state index in [0.29, 0.717) is 27.8 Å². The maximum Gasteiger partial charge on any atom is 0 e. The predicted molar refractivity (Wildman–Crippen MR) is 243 cm³/mol.